The van der Waals surface area contributed by atoms with E-state index in [0.29, 0.717) is 0 Å². The third-order valence-electron chi connectivity index (χ3n) is 13.1. The lowest BCUT2D eigenvalue weighted by Gasteiger charge is -2.31. The van der Waals surface area contributed by atoms with Crippen LogP contribution in [0, 0.1) is 0 Å². The summed E-state index contributed by atoms with van der Waals surface area (Å²) in [5.41, 5.74) is 19.3. The minimum Gasteiger partial charge on any atom is -0.452 e. The van der Waals surface area contributed by atoms with E-state index in [4.69, 9.17) is 9.41 Å². The van der Waals surface area contributed by atoms with E-state index < -0.39 is 5.41 Å². The van der Waals surface area contributed by atoms with E-state index >= 15 is 0 Å². The molecule has 3 heteroatoms. The van der Waals surface area contributed by atoms with Crippen LogP contribution in [0.2, 0.25) is 0 Å². The van der Waals surface area contributed by atoms with E-state index in [9.17, 15) is 0 Å². The van der Waals surface area contributed by atoms with Crippen molar-refractivity contribution in [1.29, 1.82) is 0 Å². The second-order valence-corrected chi connectivity index (χ2v) is 16.2. The van der Waals surface area contributed by atoms with E-state index in [2.05, 4.69) is 199 Å². The molecular weight excluding hydrogens is 729 g/mol. The number of benzene rings is 9. The molecule has 1 aliphatic heterocycles. The van der Waals surface area contributed by atoms with Gasteiger partial charge in [-0.25, -0.2) is 0 Å². The standard InChI is InChI=1S/C57H36N2O/c1-3-16-35(17-4-1)37-21-15-22-40(32-37)56-58-53(55-54(59-56)45-26-11-14-29-50(45)60-55)39-30-31-44-48(34-39)57(46-27-12-9-24-42(46)43-25-10-13-28-47(43)57)49-33-38-20-7-8-23-41(38)51(52(44)49)36-18-5-2-6-19-36/h1-34,56,58H. The van der Waals surface area contributed by atoms with Gasteiger partial charge in [-0.15, -0.1) is 0 Å². The van der Waals surface area contributed by atoms with Gasteiger partial charge in [0.15, 0.2) is 5.42 Å². The molecule has 2 heterocycles. The molecule has 3 nitrogen and oxygen atoms in total. The van der Waals surface area contributed by atoms with Crippen molar-refractivity contribution in [2.24, 2.45) is 4.99 Å². The maximum absolute atomic E-state index is 6.78. The number of hydrogen-bond acceptors (Lipinski definition) is 3. The van der Waals surface area contributed by atoms with E-state index in [1.165, 1.54) is 72.0 Å². The fourth-order valence-corrected chi connectivity index (χ4v) is 10.6. The molecule has 10 aromatic rings. The van der Waals surface area contributed by atoms with Crippen LogP contribution in [0.5, 0.6) is 0 Å². The minimum absolute atomic E-state index is 0.334. The van der Waals surface area contributed by atoms with Gasteiger partial charge < -0.3 is 9.73 Å². The predicted molar refractivity (Wildman–Crippen MR) is 243 cm³/mol. The summed E-state index contributed by atoms with van der Waals surface area (Å²) in [7, 11) is 0. The quantitative estimate of drug-likeness (QED) is 0.194. The van der Waals surface area contributed by atoms with Gasteiger partial charge in [0.1, 0.15) is 17.1 Å². The fraction of sp³-hybridized carbons (Fsp3) is 0.0351. The topological polar surface area (TPSA) is 37.5 Å². The highest BCUT2D eigenvalue weighted by atomic mass is 16.3. The lowest BCUT2D eigenvalue weighted by molar-refractivity contribution is 0.535. The second kappa shape index (κ2) is 12.6. The lowest BCUT2D eigenvalue weighted by atomic mass is 9.69. The Morgan fingerprint density at radius 2 is 1.08 bits per heavy atom. The summed E-state index contributed by atoms with van der Waals surface area (Å²) in [6, 6.07) is 75.1. The molecule has 0 saturated heterocycles. The number of furan rings is 1. The summed E-state index contributed by atoms with van der Waals surface area (Å²) >= 11 is 0. The van der Waals surface area contributed by atoms with Gasteiger partial charge in [0.05, 0.1) is 11.1 Å². The summed E-state index contributed by atoms with van der Waals surface area (Å²) in [4.78, 5) is 5.40. The number of fused-ring (bicyclic) bond motifs is 14. The molecule has 1 atom stereocenters. The van der Waals surface area contributed by atoms with Crippen LogP contribution in [0.3, 0.4) is 0 Å². The maximum atomic E-state index is 6.78. The first-order valence-electron chi connectivity index (χ1n) is 20.7. The Hall–Kier alpha value is -7.75. The van der Waals surface area contributed by atoms with E-state index in [0.717, 1.165) is 44.1 Å². The Labute approximate surface area is 347 Å². The first-order chi connectivity index (χ1) is 29.8. The third kappa shape index (κ3) is 4.57. The minimum atomic E-state index is -0.554. The monoisotopic (exact) mass is 764 g/mol. The Balaban J connectivity index is 1.11. The lowest BCUT2D eigenvalue weighted by Crippen LogP contribution is -2.38. The SMILES string of the molecule is c1ccc(-c2cccc(C3N=c4c(oc5ccccc45)=C(c4ccc5c(c4)C4(c6ccccc6-c6ccccc64)c4cc6ccccc6c(-c6ccccc6)c4-5)N3)c2)cc1. The summed E-state index contributed by atoms with van der Waals surface area (Å²) in [5, 5.41) is 8.31. The highest BCUT2D eigenvalue weighted by Crippen LogP contribution is 2.65. The molecule has 3 aliphatic rings. The van der Waals surface area contributed by atoms with Crippen molar-refractivity contribution in [3.63, 3.8) is 0 Å². The second-order valence-electron chi connectivity index (χ2n) is 16.2. The average Bonchev–Trinajstić information content (AvgIpc) is 3.95. The van der Waals surface area contributed by atoms with Crippen molar-refractivity contribution in [2.75, 3.05) is 0 Å². The molecule has 0 radical (unpaired) electrons. The molecule has 13 rings (SSSR count). The van der Waals surface area contributed by atoms with Gasteiger partial charge in [0.25, 0.3) is 0 Å². The van der Waals surface area contributed by atoms with Gasteiger partial charge in [-0.1, -0.05) is 176 Å². The molecular formula is C57H36N2O. The zero-order valence-corrected chi connectivity index (χ0v) is 32.6. The summed E-state index contributed by atoms with van der Waals surface area (Å²) in [6.45, 7) is 0. The predicted octanol–water partition coefficient (Wildman–Crippen LogP) is 12.3. The van der Waals surface area contributed by atoms with Crippen molar-refractivity contribution >= 4 is 27.4 Å². The fourth-order valence-electron chi connectivity index (χ4n) is 10.6. The molecule has 60 heavy (non-hydrogen) atoms. The summed E-state index contributed by atoms with van der Waals surface area (Å²) < 4.78 is 6.78. The molecule has 2 aliphatic carbocycles. The molecule has 1 N–H and O–H groups in total. The summed E-state index contributed by atoms with van der Waals surface area (Å²) in [6.07, 6.45) is -0.334. The van der Waals surface area contributed by atoms with E-state index in [1.54, 1.807) is 0 Å². The largest absolute Gasteiger partial charge is 0.452 e. The molecule has 1 unspecified atom stereocenters. The third-order valence-corrected chi connectivity index (χ3v) is 13.1. The molecule has 280 valence electrons. The van der Waals surface area contributed by atoms with Crippen LogP contribution in [0.15, 0.2) is 216 Å². The van der Waals surface area contributed by atoms with Crippen LogP contribution in [-0.4, -0.2) is 0 Å². The van der Waals surface area contributed by atoms with Gasteiger partial charge in [0, 0.05) is 10.9 Å². The molecule has 0 saturated carbocycles. The Morgan fingerprint density at radius 1 is 0.433 bits per heavy atom. The zero-order valence-electron chi connectivity index (χ0n) is 32.6. The molecule has 0 amide bonds. The molecule has 9 aromatic carbocycles. The summed E-state index contributed by atoms with van der Waals surface area (Å²) in [5.74, 6) is 0. The van der Waals surface area contributed by atoms with Crippen molar-refractivity contribution in [2.45, 2.75) is 11.6 Å². The van der Waals surface area contributed by atoms with Crippen LogP contribution in [0.4, 0.5) is 0 Å². The maximum Gasteiger partial charge on any atom is 0.177 e. The first kappa shape index (κ1) is 33.2. The van der Waals surface area contributed by atoms with Gasteiger partial charge in [-0.3, -0.25) is 4.99 Å². The normalized spacial score (nSPS) is 15.2. The van der Waals surface area contributed by atoms with Gasteiger partial charge in [0.2, 0.25) is 0 Å². The van der Waals surface area contributed by atoms with Gasteiger partial charge in [-0.05, 0) is 113 Å². The number of nitrogens with zero attached hydrogens (tertiary/aromatic N) is 1. The number of para-hydroxylation sites is 1. The van der Waals surface area contributed by atoms with Crippen LogP contribution >= 0.6 is 0 Å². The zero-order chi connectivity index (χ0) is 39.4. The van der Waals surface area contributed by atoms with Crippen molar-refractivity contribution < 1.29 is 4.42 Å². The van der Waals surface area contributed by atoms with Crippen LogP contribution in [0.25, 0.3) is 71.9 Å². The Kier molecular flexibility index (Phi) is 6.99. The number of hydrogen-bond donors (Lipinski definition) is 1. The molecule has 0 fully saturated rings. The van der Waals surface area contributed by atoms with Crippen LogP contribution in [0.1, 0.15) is 39.5 Å². The van der Waals surface area contributed by atoms with Gasteiger partial charge in [-0.2, -0.15) is 0 Å². The van der Waals surface area contributed by atoms with Crippen molar-refractivity contribution in [3.8, 4) is 44.5 Å². The van der Waals surface area contributed by atoms with E-state index in [-0.39, 0.29) is 6.17 Å². The Morgan fingerprint density at radius 3 is 1.87 bits per heavy atom. The average molecular weight is 765 g/mol. The molecule has 0 bridgehead atoms. The van der Waals surface area contributed by atoms with E-state index in [1.807, 2.05) is 12.1 Å². The number of nitrogens with one attached hydrogen (secondary N) is 1. The van der Waals surface area contributed by atoms with Crippen molar-refractivity contribution in [1.82, 2.24) is 5.32 Å². The Bertz CT molecular complexity index is 3480. The molecule has 1 spiro atoms. The number of rotatable bonds is 4. The molecule has 1 aromatic heterocycles. The highest BCUT2D eigenvalue weighted by Gasteiger charge is 2.52. The first-order valence-corrected chi connectivity index (χ1v) is 20.7. The smallest absolute Gasteiger partial charge is 0.177 e. The highest BCUT2D eigenvalue weighted by molar-refractivity contribution is 6.10. The van der Waals surface area contributed by atoms with Crippen molar-refractivity contribution in [3.05, 3.63) is 250 Å². The van der Waals surface area contributed by atoms with Gasteiger partial charge >= 0.3 is 0 Å². The van der Waals surface area contributed by atoms with Crippen LogP contribution < -0.4 is 16.1 Å². The van der Waals surface area contributed by atoms with Crippen LogP contribution in [-0.2, 0) is 5.41 Å².